The van der Waals surface area contributed by atoms with Crippen LogP contribution in [0.4, 0.5) is 0 Å². The fraction of sp³-hybridized carbons (Fsp3) is 0.500. The molecule has 1 aliphatic rings. The summed E-state index contributed by atoms with van der Waals surface area (Å²) in [5, 5.41) is 20.7. The van der Waals surface area contributed by atoms with Gasteiger partial charge in [0.25, 0.3) is 5.91 Å². The second kappa shape index (κ2) is 8.06. The topological polar surface area (TPSA) is 80.0 Å². The Hall–Kier alpha value is -2.21. The van der Waals surface area contributed by atoms with Crippen LogP contribution in [0.1, 0.15) is 48.9 Å². The normalized spacial score (nSPS) is 20.7. The predicted octanol–water partition coefficient (Wildman–Crippen LogP) is 2.33. The Balaban J connectivity index is 1.52. The lowest BCUT2D eigenvalue weighted by Crippen LogP contribution is -2.28. The highest BCUT2D eigenvalue weighted by Gasteiger charge is 2.22. The number of hydrogen-bond donors (Lipinski definition) is 2. The molecule has 0 unspecified atom stereocenters. The van der Waals surface area contributed by atoms with Crippen LogP contribution in [-0.4, -0.2) is 38.7 Å². The Bertz CT molecular complexity index is 657. The van der Waals surface area contributed by atoms with E-state index in [4.69, 9.17) is 0 Å². The Morgan fingerprint density at radius 3 is 2.92 bits per heavy atom. The minimum Gasteiger partial charge on any atom is -0.393 e. The zero-order valence-corrected chi connectivity index (χ0v) is 13.8. The maximum absolute atomic E-state index is 12.5. The lowest BCUT2D eigenvalue weighted by Gasteiger charge is -2.27. The standard InChI is InChI=1S/C18H24N4O2/c23-17-10-4-1-6-14(17)7-5-11-19-18(24)15-8-2-3-9-16(15)22-13-12-20-21-22/h2-3,8-9,12-14,17,23H,1,4-7,10-11H2,(H,19,24)/t14-,17-/m1/s1. The molecule has 0 spiro atoms. The van der Waals surface area contributed by atoms with Crippen LogP contribution < -0.4 is 5.32 Å². The van der Waals surface area contributed by atoms with E-state index in [9.17, 15) is 9.90 Å². The molecule has 1 amide bonds. The Kier molecular flexibility index (Phi) is 5.59. The number of nitrogens with one attached hydrogen (secondary N) is 1. The van der Waals surface area contributed by atoms with Crippen molar-refractivity contribution in [1.29, 1.82) is 0 Å². The highest BCUT2D eigenvalue weighted by atomic mass is 16.3. The van der Waals surface area contributed by atoms with Crippen LogP contribution in [0.3, 0.4) is 0 Å². The van der Waals surface area contributed by atoms with Crippen LogP contribution in [0.25, 0.3) is 5.69 Å². The molecule has 1 fully saturated rings. The quantitative estimate of drug-likeness (QED) is 0.798. The van der Waals surface area contributed by atoms with Gasteiger partial charge in [-0.15, -0.1) is 5.10 Å². The van der Waals surface area contributed by atoms with Gasteiger partial charge in [-0.2, -0.15) is 0 Å². The first-order valence-corrected chi connectivity index (χ1v) is 8.67. The van der Waals surface area contributed by atoms with E-state index in [1.807, 2.05) is 18.2 Å². The van der Waals surface area contributed by atoms with Crippen LogP contribution >= 0.6 is 0 Å². The van der Waals surface area contributed by atoms with Gasteiger partial charge in [0.1, 0.15) is 0 Å². The van der Waals surface area contributed by atoms with Crippen molar-refractivity contribution in [2.45, 2.75) is 44.6 Å². The molecule has 1 heterocycles. The number of nitrogens with zero attached hydrogens (tertiary/aromatic N) is 3. The molecular formula is C18H24N4O2. The summed E-state index contributed by atoms with van der Waals surface area (Å²) in [6.07, 6.45) is 9.35. The first-order chi connectivity index (χ1) is 11.8. The Labute approximate surface area is 141 Å². The van der Waals surface area contributed by atoms with Crippen LogP contribution in [0.5, 0.6) is 0 Å². The summed E-state index contributed by atoms with van der Waals surface area (Å²) in [6, 6.07) is 7.35. The molecule has 1 aliphatic carbocycles. The summed E-state index contributed by atoms with van der Waals surface area (Å²) in [5.74, 6) is 0.281. The van der Waals surface area contributed by atoms with Gasteiger partial charge in [-0.05, 0) is 43.7 Å². The fourth-order valence-corrected chi connectivity index (χ4v) is 3.39. The number of amides is 1. The van der Waals surface area contributed by atoms with Crippen molar-refractivity contribution in [3.8, 4) is 5.69 Å². The molecule has 0 radical (unpaired) electrons. The van der Waals surface area contributed by atoms with Crippen molar-refractivity contribution >= 4 is 5.91 Å². The van der Waals surface area contributed by atoms with E-state index < -0.39 is 0 Å². The summed E-state index contributed by atoms with van der Waals surface area (Å²) < 4.78 is 1.59. The van der Waals surface area contributed by atoms with Crippen molar-refractivity contribution in [3.05, 3.63) is 42.2 Å². The number of para-hydroxylation sites is 1. The molecule has 1 saturated carbocycles. The maximum atomic E-state index is 12.5. The van der Waals surface area contributed by atoms with E-state index in [1.165, 1.54) is 6.42 Å². The molecule has 0 bridgehead atoms. The number of aromatic nitrogens is 3. The summed E-state index contributed by atoms with van der Waals surface area (Å²) in [5.41, 5.74) is 1.30. The first kappa shape index (κ1) is 16.6. The average Bonchev–Trinajstić information content (AvgIpc) is 3.14. The molecule has 2 aromatic rings. The summed E-state index contributed by atoms with van der Waals surface area (Å²) in [6.45, 7) is 0.619. The van der Waals surface area contributed by atoms with Gasteiger partial charge in [0.15, 0.2) is 0 Å². The number of carbonyl (C=O) groups excluding carboxylic acids is 1. The molecule has 2 N–H and O–H groups in total. The van der Waals surface area contributed by atoms with E-state index in [2.05, 4.69) is 15.6 Å². The van der Waals surface area contributed by atoms with E-state index in [0.29, 0.717) is 18.0 Å². The Morgan fingerprint density at radius 1 is 1.29 bits per heavy atom. The molecule has 0 aliphatic heterocycles. The number of rotatable bonds is 6. The molecule has 1 aromatic carbocycles. The third-order valence-corrected chi connectivity index (χ3v) is 4.72. The number of benzene rings is 1. The minimum atomic E-state index is -0.164. The van der Waals surface area contributed by atoms with Gasteiger partial charge < -0.3 is 10.4 Å². The molecule has 128 valence electrons. The van der Waals surface area contributed by atoms with E-state index >= 15 is 0 Å². The molecule has 24 heavy (non-hydrogen) atoms. The van der Waals surface area contributed by atoms with E-state index in [0.717, 1.165) is 37.8 Å². The second-order valence-corrected chi connectivity index (χ2v) is 6.37. The van der Waals surface area contributed by atoms with Gasteiger partial charge in [0.2, 0.25) is 0 Å². The van der Waals surface area contributed by atoms with Gasteiger partial charge in [-0.1, -0.05) is 30.2 Å². The Morgan fingerprint density at radius 2 is 2.12 bits per heavy atom. The molecule has 6 heteroatoms. The predicted molar refractivity (Wildman–Crippen MR) is 90.9 cm³/mol. The maximum Gasteiger partial charge on any atom is 0.253 e. The van der Waals surface area contributed by atoms with Gasteiger partial charge in [0.05, 0.1) is 29.7 Å². The van der Waals surface area contributed by atoms with Crippen LogP contribution in [-0.2, 0) is 0 Å². The van der Waals surface area contributed by atoms with Crippen LogP contribution in [0.2, 0.25) is 0 Å². The molecule has 3 rings (SSSR count). The first-order valence-electron chi connectivity index (χ1n) is 8.67. The third kappa shape index (κ3) is 4.00. The molecular weight excluding hydrogens is 304 g/mol. The van der Waals surface area contributed by atoms with Crippen molar-refractivity contribution in [2.24, 2.45) is 5.92 Å². The van der Waals surface area contributed by atoms with Crippen molar-refractivity contribution in [2.75, 3.05) is 6.54 Å². The smallest absolute Gasteiger partial charge is 0.253 e. The molecule has 6 nitrogen and oxygen atoms in total. The highest BCUT2D eigenvalue weighted by molar-refractivity contribution is 5.97. The number of aliphatic hydroxyl groups is 1. The minimum absolute atomic E-state index is 0.106. The third-order valence-electron chi connectivity index (χ3n) is 4.72. The summed E-state index contributed by atoms with van der Waals surface area (Å²) in [4.78, 5) is 12.5. The SMILES string of the molecule is O=C(NCCC[C@H]1CCCC[C@H]1O)c1ccccc1-n1ccnn1. The fourth-order valence-electron chi connectivity index (χ4n) is 3.39. The average molecular weight is 328 g/mol. The van der Waals surface area contributed by atoms with Crippen molar-refractivity contribution < 1.29 is 9.90 Å². The number of aliphatic hydroxyl groups excluding tert-OH is 1. The monoisotopic (exact) mass is 328 g/mol. The van der Waals surface area contributed by atoms with Crippen LogP contribution in [0.15, 0.2) is 36.7 Å². The lowest BCUT2D eigenvalue weighted by atomic mass is 9.83. The largest absolute Gasteiger partial charge is 0.393 e. The summed E-state index contributed by atoms with van der Waals surface area (Å²) >= 11 is 0. The van der Waals surface area contributed by atoms with Gasteiger partial charge in [0, 0.05) is 6.54 Å². The lowest BCUT2D eigenvalue weighted by molar-refractivity contribution is 0.0641. The summed E-state index contributed by atoms with van der Waals surface area (Å²) in [7, 11) is 0. The second-order valence-electron chi connectivity index (χ2n) is 6.37. The van der Waals surface area contributed by atoms with Crippen molar-refractivity contribution in [3.63, 3.8) is 0 Å². The zero-order chi connectivity index (χ0) is 16.8. The highest BCUT2D eigenvalue weighted by Crippen LogP contribution is 2.27. The van der Waals surface area contributed by atoms with Crippen LogP contribution in [0, 0.1) is 5.92 Å². The van der Waals surface area contributed by atoms with E-state index in [1.54, 1.807) is 23.1 Å². The number of hydrogen-bond acceptors (Lipinski definition) is 4. The van der Waals surface area contributed by atoms with Crippen molar-refractivity contribution in [1.82, 2.24) is 20.3 Å². The molecule has 2 atom stereocenters. The molecule has 1 aromatic heterocycles. The number of carbonyl (C=O) groups is 1. The van der Waals surface area contributed by atoms with Gasteiger partial charge in [-0.3, -0.25) is 4.79 Å². The molecule has 0 saturated heterocycles. The zero-order valence-electron chi connectivity index (χ0n) is 13.8. The van der Waals surface area contributed by atoms with E-state index in [-0.39, 0.29) is 12.0 Å². The van der Waals surface area contributed by atoms with Gasteiger partial charge >= 0.3 is 0 Å². The van der Waals surface area contributed by atoms with Gasteiger partial charge in [-0.25, -0.2) is 4.68 Å².